The van der Waals surface area contributed by atoms with Gasteiger partial charge in [-0.05, 0) is 6.42 Å². The second-order valence-corrected chi connectivity index (χ2v) is 4.72. The van der Waals surface area contributed by atoms with E-state index in [2.05, 4.69) is 4.72 Å². The zero-order chi connectivity index (χ0) is 11.0. The van der Waals surface area contributed by atoms with Crippen molar-refractivity contribution in [1.29, 1.82) is 0 Å². The summed E-state index contributed by atoms with van der Waals surface area (Å²) < 4.78 is 29.4. The zero-order valence-corrected chi connectivity index (χ0v) is 8.96. The van der Waals surface area contributed by atoms with Crippen LogP contribution < -0.4 is 4.72 Å². The lowest BCUT2D eigenvalue weighted by Crippen LogP contribution is -2.41. The number of hydrogen-bond donors (Lipinski definition) is 3. The molecule has 0 aromatic heterocycles. The zero-order valence-electron chi connectivity index (χ0n) is 8.14. The van der Waals surface area contributed by atoms with Crippen LogP contribution in [-0.2, 0) is 14.8 Å². The van der Waals surface area contributed by atoms with E-state index in [1.54, 1.807) is 0 Å². The standard InChI is InChI=1S/C7H17NO5S/c1-13-3-2-4-14(11,12)8-7(5-9)6-10/h7-10H,2-6H2,1H3. The van der Waals surface area contributed by atoms with Crippen LogP contribution in [0, 0.1) is 0 Å². The molecular weight excluding hydrogens is 210 g/mol. The van der Waals surface area contributed by atoms with Crippen molar-refractivity contribution in [3.05, 3.63) is 0 Å². The summed E-state index contributed by atoms with van der Waals surface area (Å²) in [5, 5.41) is 17.3. The van der Waals surface area contributed by atoms with Crippen molar-refractivity contribution in [1.82, 2.24) is 4.72 Å². The number of nitrogens with one attached hydrogen (secondary N) is 1. The van der Waals surface area contributed by atoms with Crippen LogP contribution in [0.5, 0.6) is 0 Å². The lowest BCUT2D eigenvalue weighted by molar-refractivity contribution is 0.184. The highest BCUT2D eigenvalue weighted by molar-refractivity contribution is 7.89. The molecule has 0 aliphatic heterocycles. The summed E-state index contributed by atoms with van der Waals surface area (Å²) in [5.74, 6) is -0.0721. The van der Waals surface area contributed by atoms with Crippen molar-refractivity contribution >= 4 is 10.0 Å². The van der Waals surface area contributed by atoms with Gasteiger partial charge < -0.3 is 14.9 Å². The number of ether oxygens (including phenoxy) is 1. The molecule has 0 aromatic rings. The molecular formula is C7H17NO5S. The minimum Gasteiger partial charge on any atom is -0.395 e. The van der Waals surface area contributed by atoms with Gasteiger partial charge in [-0.3, -0.25) is 0 Å². The minimum absolute atomic E-state index is 0.0721. The smallest absolute Gasteiger partial charge is 0.212 e. The molecule has 0 atom stereocenters. The Morgan fingerprint density at radius 3 is 2.36 bits per heavy atom. The second kappa shape index (κ2) is 7.13. The van der Waals surface area contributed by atoms with Crippen molar-refractivity contribution in [2.45, 2.75) is 12.5 Å². The van der Waals surface area contributed by atoms with Crippen LogP contribution in [0.15, 0.2) is 0 Å². The Kier molecular flexibility index (Phi) is 7.02. The van der Waals surface area contributed by atoms with E-state index in [9.17, 15) is 8.42 Å². The highest BCUT2D eigenvalue weighted by Gasteiger charge is 2.15. The SMILES string of the molecule is COCCCS(=O)(=O)NC(CO)CO. The molecule has 0 amide bonds. The fourth-order valence-corrected chi connectivity index (χ4v) is 2.11. The molecule has 0 radical (unpaired) electrons. The third-order valence-corrected chi connectivity index (χ3v) is 3.07. The van der Waals surface area contributed by atoms with Crippen molar-refractivity contribution in [2.24, 2.45) is 0 Å². The summed E-state index contributed by atoms with van der Waals surface area (Å²) in [4.78, 5) is 0. The van der Waals surface area contributed by atoms with E-state index in [-0.39, 0.29) is 5.75 Å². The van der Waals surface area contributed by atoms with E-state index < -0.39 is 29.3 Å². The van der Waals surface area contributed by atoms with Crippen LogP contribution in [0.25, 0.3) is 0 Å². The predicted molar refractivity (Wildman–Crippen MR) is 51.4 cm³/mol. The van der Waals surface area contributed by atoms with Crippen LogP contribution in [0.4, 0.5) is 0 Å². The van der Waals surface area contributed by atoms with E-state index in [1.807, 2.05) is 0 Å². The van der Waals surface area contributed by atoms with Gasteiger partial charge in [0.2, 0.25) is 10.0 Å². The lowest BCUT2D eigenvalue weighted by atomic mass is 10.4. The fourth-order valence-electron chi connectivity index (χ4n) is 0.838. The van der Waals surface area contributed by atoms with Crippen molar-refractivity contribution < 1.29 is 23.4 Å². The van der Waals surface area contributed by atoms with Gasteiger partial charge in [-0.25, -0.2) is 13.1 Å². The van der Waals surface area contributed by atoms with Crippen molar-refractivity contribution in [2.75, 3.05) is 32.7 Å². The molecule has 7 heteroatoms. The Balaban J connectivity index is 3.93. The molecule has 0 spiro atoms. The van der Waals surface area contributed by atoms with Gasteiger partial charge >= 0.3 is 0 Å². The topological polar surface area (TPSA) is 95.9 Å². The summed E-state index contributed by atoms with van der Waals surface area (Å²) in [6.45, 7) is -0.468. The third kappa shape index (κ3) is 6.28. The molecule has 0 fully saturated rings. The third-order valence-electron chi connectivity index (χ3n) is 1.55. The number of rotatable bonds is 8. The van der Waals surface area contributed by atoms with Crippen molar-refractivity contribution in [3.8, 4) is 0 Å². The Morgan fingerprint density at radius 2 is 1.93 bits per heavy atom. The Labute approximate surface area is 83.9 Å². The van der Waals surface area contributed by atoms with Crippen LogP contribution in [0.1, 0.15) is 6.42 Å². The largest absolute Gasteiger partial charge is 0.395 e. The summed E-state index contributed by atoms with van der Waals surface area (Å²) in [6.07, 6.45) is 0.384. The first-order valence-corrected chi connectivity index (χ1v) is 5.91. The van der Waals surface area contributed by atoms with E-state index in [0.717, 1.165) is 0 Å². The summed E-state index contributed by atoms with van der Waals surface area (Å²) >= 11 is 0. The quantitative estimate of drug-likeness (QED) is 0.429. The fraction of sp³-hybridized carbons (Fsp3) is 1.00. The molecule has 0 heterocycles. The number of methoxy groups -OCH3 is 1. The summed E-state index contributed by atoms with van der Waals surface area (Å²) in [6, 6.07) is -0.817. The van der Waals surface area contributed by atoms with Gasteiger partial charge in [0.1, 0.15) is 0 Å². The maximum atomic E-state index is 11.2. The van der Waals surface area contributed by atoms with Crippen LogP contribution in [0.3, 0.4) is 0 Å². The number of hydrogen-bond acceptors (Lipinski definition) is 5. The Hall–Kier alpha value is -0.210. The molecule has 0 rings (SSSR count). The molecule has 3 N–H and O–H groups in total. The molecule has 6 nitrogen and oxygen atoms in total. The van der Waals surface area contributed by atoms with Crippen LogP contribution in [0.2, 0.25) is 0 Å². The molecule has 0 aliphatic carbocycles. The van der Waals surface area contributed by atoms with Gasteiger partial charge in [-0.1, -0.05) is 0 Å². The van der Waals surface area contributed by atoms with Crippen LogP contribution >= 0.6 is 0 Å². The maximum absolute atomic E-state index is 11.2. The normalized spacial score (nSPS) is 12.3. The molecule has 0 aromatic carbocycles. The molecule has 0 bridgehead atoms. The highest BCUT2D eigenvalue weighted by Crippen LogP contribution is 1.93. The van der Waals surface area contributed by atoms with Gasteiger partial charge in [-0.15, -0.1) is 0 Å². The number of aliphatic hydroxyl groups excluding tert-OH is 2. The molecule has 0 saturated heterocycles. The average Bonchev–Trinajstić information content (AvgIpc) is 2.14. The first-order chi connectivity index (χ1) is 6.55. The Bertz CT molecular complexity index is 224. The molecule has 0 aliphatic rings. The van der Waals surface area contributed by atoms with Gasteiger partial charge in [0.15, 0.2) is 0 Å². The Morgan fingerprint density at radius 1 is 1.36 bits per heavy atom. The molecule has 0 saturated carbocycles. The van der Waals surface area contributed by atoms with E-state index in [4.69, 9.17) is 14.9 Å². The highest BCUT2D eigenvalue weighted by atomic mass is 32.2. The van der Waals surface area contributed by atoms with Gasteiger partial charge in [-0.2, -0.15) is 0 Å². The lowest BCUT2D eigenvalue weighted by Gasteiger charge is -2.13. The van der Waals surface area contributed by atoms with E-state index in [1.165, 1.54) is 7.11 Å². The second-order valence-electron chi connectivity index (χ2n) is 2.85. The molecule has 0 unspecified atom stereocenters. The summed E-state index contributed by atoms with van der Waals surface area (Å²) in [5.41, 5.74) is 0. The van der Waals surface area contributed by atoms with Gasteiger partial charge in [0.25, 0.3) is 0 Å². The predicted octanol–water partition coefficient (Wildman–Crippen LogP) is -1.70. The van der Waals surface area contributed by atoms with Gasteiger partial charge in [0.05, 0.1) is 25.0 Å². The number of sulfonamides is 1. The molecule has 86 valence electrons. The minimum atomic E-state index is -3.43. The van der Waals surface area contributed by atoms with Crippen molar-refractivity contribution in [3.63, 3.8) is 0 Å². The first kappa shape index (κ1) is 13.8. The van der Waals surface area contributed by atoms with E-state index in [0.29, 0.717) is 13.0 Å². The first-order valence-electron chi connectivity index (χ1n) is 4.26. The van der Waals surface area contributed by atoms with Crippen LogP contribution in [-0.4, -0.2) is 57.4 Å². The molecule has 14 heavy (non-hydrogen) atoms. The average molecular weight is 227 g/mol. The number of aliphatic hydroxyl groups is 2. The van der Waals surface area contributed by atoms with Gasteiger partial charge in [0, 0.05) is 13.7 Å². The maximum Gasteiger partial charge on any atom is 0.212 e. The van der Waals surface area contributed by atoms with E-state index >= 15 is 0 Å². The monoisotopic (exact) mass is 227 g/mol. The summed E-state index contributed by atoms with van der Waals surface area (Å²) in [7, 11) is -1.94.